The fraction of sp³-hybridized carbons (Fsp3) is 0.0200. The van der Waals surface area contributed by atoms with Gasteiger partial charge in [-0.25, -0.2) is 15.0 Å². The molecule has 1 unspecified atom stereocenters. The van der Waals surface area contributed by atoms with Crippen molar-refractivity contribution in [1.82, 2.24) is 15.0 Å². The minimum Gasteiger partial charge on any atom is -0.458 e. The van der Waals surface area contributed by atoms with Gasteiger partial charge < -0.3 is 13.9 Å². The molecule has 1 atom stereocenters. The molecule has 0 N–H and O–H groups in total. The number of hydrogen-bond acceptors (Lipinski definition) is 6. The molecule has 0 saturated heterocycles. The summed E-state index contributed by atoms with van der Waals surface area (Å²) in [5.74, 6) is 5.43. The number of fused-ring (bicyclic) bond motifs is 12. The second-order valence-corrected chi connectivity index (χ2v) is 14.3. The lowest BCUT2D eigenvalue weighted by Crippen LogP contribution is -2.31. The zero-order chi connectivity index (χ0) is 36.8. The smallest absolute Gasteiger partial charge is 0.179 e. The van der Waals surface area contributed by atoms with E-state index >= 15 is 0 Å². The Morgan fingerprint density at radius 2 is 0.982 bits per heavy atom. The molecule has 3 aliphatic rings. The topological polar surface area (TPSA) is 70.3 Å². The molecule has 2 aromatic heterocycles. The van der Waals surface area contributed by atoms with E-state index in [9.17, 15) is 0 Å². The molecule has 9 aromatic rings. The summed E-state index contributed by atoms with van der Waals surface area (Å²) in [7, 11) is 0. The van der Waals surface area contributed by atoms with Crippen LogP contribution in [0.2, 0.25) is 0 Å². The molecular formula is C50H29N3O3. The first kappa shape index (κ1) is 30.8. The number of rotatable bonds is 4. The average molecular weight is 720 g/mol. The van der Waals surface area contributed by atoms with Crippen LogP contribution in [0.5, 0.6) is 11.5 Å². The highest BCUT2D eigenvalue weighted by Crippen LogP contribution is 2.65. The summed E-state index contributed by atoms with van der Waals surface area (Å²) in [5.41, 5.74) is 10.1. The van der Waals surface area contributed by atoms with Crippen molar-refractivity contribution < 1.29 is 13.9 Å². The highest BCUT2D eigenvalue weighted by Gasteiger charge is 2.60. The van der Waals surface area contributed by atoms with Gasteiger partial charge in [-0.2, -0.15) is 0 Å². The Bertz CT molecular complexity index is 3040. The molecular weight excluding hydrogens is 691 g/mol. The number of para-hydroxylation sites is 3. The molecule has 0 fully saturated rings. The maximum Gasteiger partial charge on any atom is 0.179 e. The second kappa shape index (κ2) is 11.7. The summed E-state index contributed by atoms with van der Waals surface area (Å²) in [6, 6.07) is 59.9. The molecule has 1 spiro atoms. The van der Waals surface area contributed by atoms with Gasteiger partial charge in [-0.3, -0.25) is 0 Å². The third kappa shape index (κ3) is 4.35. The maximum atomic E-state index is 6.99. The van der Waals surface area contributed by atoms with Gasteiger partial charge in [0.25, 0.3) is 0 Å². The molecule has 0 bridgehead atoms. The SMILES string of the molecule is c1ccc(-c2nc(-c3ccccc3)nc(-c3cccc(-c4ccc5c(c4)C4(C6=C(Oc7ccccc7O6)c6c4oc4ccccc64)c4ccccc4-5)c3)n2)cc1. The van der Waals surface area contributed by atoms with Crippen molar-refractivity contribution in [2.45, 2.75) is 5.41 Å². The van der Waals surface area contributed by atoms with Crippen LogP contribution in [-0.4, -0.2) is 15.0 Å². The molecule has 12 rings (SSSR count). The van der Waals surface area contributed by atoms with Crippen molar-refractivity contribution in [3.8, 4) is 67.9 Å². The van der Waals surface area contributed by atoms with Gasteiger partial charge in [-0.1, -0.05) is 146 Å². The van der Waals surface area contributed by atoms with Gasteiger partial charge in [0.05, 0.1) is 5.56 Å². The highest BCUT2D eigenvalue weighted by molar-refractivity contribution is 6.01. The van der Waals surface area contributed by atoms with Crippen molar-refractivity contribution in [3.63, 3.8) is 0 Å². The van der Waals surface area contributed by atoms with Crippen LogP contribution in [0.15, 0.2) is 186 Å². The Hall–Kier alpha value is -7.57. The number of hydrogen-bond donors (Lipinski definition) is 0. The monoisotopic (exact) mass is 719 g/mol. The van der Waals surface area contributed by atoms with Crippen LogP contribution in [0.1, 0.15) is 22.5 Å². The molecule has 56 heavy (non-hydrogen) atoms. The number of furan rings is 1. The van der Waals surface area contributed by atoms with E-state index in [4.69, 9.17) is 28.8 Å². The van der Waals surface area contributed by atoms with E-state index in [2.05, 4.69) is 72.8 Å². The number of aromatic nitrogens is 3. The number of benzene rings is 7. The van der Waals surface area contributed by atoms with Crippen molar-refractivity contribution in [1.29, 1.82) is 0 Å². The first-order chi connectivity index (χ1) is 27.7. The van der Waals surface area contributed by atoms with Crippen LogP contribution >= 0.6 is 0 Å². The van der Waals surface area contributed by atoms with E-state index in [1.54, 1.807) is 0 Å². The van der Waals surface area contributed by atoms with Crippen molar-refractivity contribution in [2.75, 3.05) is 0 Å². The number of ether oxygens (including phenoxy) is 2. The Kier molecular flexibility index (Phi) is 6.45. The molecule has 6 heteroatoms. The summed E-state index contributed by atoms with van der Waals surface area (Å²) in [4.78, 5) is 14.9. The third-order valence-electron chi connectivity index (χ3n) is 11.2. The first-order valence-corrected chi connectivity index (χ1v) is 18.7. The van der Waals surface area contributed by atoms with Gasteiger partial charge in [-0.15, -0.1) is 0 Å². The molecule has 262 valence electrons. The summed E-state index contributed by atoms with van der Waals surface area (Å²) in [6.45, 7) is 0. The van der Waals surface area contributed by atoms with E-state index in [0.717, 1.165) is 78.1 Å². The van der Waals surface area contributed by atoms with E-state index in [-0.39, 0.29) is 0 Å². The normalized spacial score (nSPS) is 15.8. The summed E-state index contributed by atoms with van der Waals surface area (Å²) >= 11 is 0. The van der Waals surface area contributed by atoms with Gasteiger partial charge in [-0.05, 0) is 63.7 Å². The zero-order valence-corrected chi connectivity index (χ0v) is 29.8. The standard InChI is InChI=1S/C50H29N3O3/c1-3-14-30(15-4-1)47-51-48(31-16-5-2-6-17-31)53-49(52-47)34-19-13-18-32(28-34)33-26-27-36-35-20-7-9-22-38(35)50(39(36)29-33)45-43(37-21-8-10-23-40(37)55-45)44-46(50)56-42-25-12-11-24-41(42)54-44/h1-29H. The molecule has 1 aliphatic heterocycles. The Labute approximate surface area is 322 Å². The van der Waals surface area contributed by atoms with Gasteiger partial charge >= 0.3 is 0 Å². The van der Waals surface area contributed by atoms with E-state index in [1.807, 2.05) is 103 Å². The lowest BCUT2D eigenvalue weighted by Gasteiger charge is -2.31. The summed E-state index contributed by atoms with van der Waals surface area (Å²) < 4.78 is 20.7. The molecule has 3 heterocycles. The Morgan fingerprint density at radius 3 is 1.75 bits per heavy atom. The second-order valence-electron chi connectivity index (χ2n) is 14.3. The van der Waals surface area contributed by atoms with Gasteiger partial charge in [0.1, 0.15) is 16.8 Å². The largest absolute Gasteiger partial charge is 0.458 e. The van der Waals surface area contributed by atoms with Crippen LogP contribution in [0.4, 0.5) is 0 Å². The van der Waals surface area contributed by atoms with Crippen LogP contribution in [0, 0.1) is 0 Å². The van der Waals surface area contributed by atoms with Crippen molar-refractivity contribution in [3.05, 3.63) is 204 Å². The quantitative estimate of drug-likeness (QED) is 0.180. The van der Waals surface area contributed by atoms with Crippen LogP contribution in [-0.2, 0) is 5.41 Å². The Balaban J connectivity index is 1.06. The number of nitrogens with zero attached hydrogens (tertiary/aromatic N) is 3. The fourth-order valence-corrected chi connectivity index (χ4v) is 8.70. The van der Waals surface area contributed by atoms with Gasteiger partial charge in [0.2, 0.25) is 0 Å². The van der Waals surface area contributed by atoms with Crippen molar-refractivity contribution in [2.24, 2.45) is 0 Å². The van der Waals surface area contributed by atoms with Crippen LogP contribution in [0.3, 0.4) is 0 Å². The van der Waals surface area contributed by atoms with Gasteiger partial charge in [0, 0.05) is 22.1 Å². The molecule has 6 nitrogen and oxygen atoms in total. The molecule has 7 aromatic carbocycles. The fourth-order valence-electron chi connectivity index (χ4n) is 8.70. The highest BCUT2D eigenvalue weighted by atomic mass is 16.6. The molecule has 2 aliphatic carbocycles. The minimum absolute atomic E-state index is 0.605. The first-order valence-electron chi connectivity index (χ1n) is 18.7. The Morgan fingerprint density at radius 1 is 0.411 bits per heavy atom. The van der Waals surface area contributed by atoms with E-state index in [1.165, 1.54) is 0 Å². The summed E-state index contributed by atoms with van der Waals surface area (Å²) in [5, 5.41) is 0.992. The maximum absolute atomic E-state index is 6.99. The third-order valence-corrected chi connectivity index (χ3v) is 11.2. The van der Waals surface area contributed by atoms with Crippen LogP contribution in [0.25, 0.3) is 73.1 Å². The molecule has 0 saturated carbocycles. The predicted octanol–water partition coefficient (Wildman–Crippen LogP) is 11.8. The average Bonchev–Trinajstić information content (AvgIpc) is 3.89. The molecule has 0 amide bonds. The zero-order valence-electron chi connectivity index (χ0n) is 29.8. The minimum atomic E-state index is -0.889. The van der Waals surface area contributed by atoms with E-state index < -0.39 is 5.41 Å². The predicted molar refractivity (Wildman–Crippen MR) is 218 cm³/mol. The molecule has 0 radical (unpaired) electrons. The van der Waals surface area contributed by atoms with Crippen molar-refractivity contribution >= 4 is 16.7 Å². The lowest BCUT2D eigenvalue weighted by molar-refractivity contribution is 0.306. The van der Waals surface area contributed by atoms with Gasteiger partial charge in [0.15, 0.2) is 40.5 Å². The summed E-state index contributed by atoms with van der Waals surface area (Å²) in [6.07, 6.45) is 0. The van der Waals surface area contributed by atoms with Crippen LogP contribution < -0.4 is 9.47 Å². The lowest BCUT2D eigenvalue weighted by atomic mass is 9.75. The van der Waals surface area contributed by atoms with E-state index in [0.29, 0.717) is 34.7 Å². The number of allylic oxidation sites excluding steroid dienone is 1.